The van der Waals surface area contributed by atoms with Crippen LogP contribution in [0.5, 0.6) is 0 Å². The van der Waals surface area contributed by atoms with Gasteiger partial charge in [0.2, 0.25) is 0 Å². The Kier molecular flexibility index (Phi) is 5.84. The van der Waals surface area contributed by atoms with Crippen molar-refractivity contribution < 1.29 is 23.4 Å². The SMILES string of the molecule is C[C@H](O)CC(O)NCCc1c(-c2ccc(F)cc2)[nH]c2c(F)cc(F)cc12. The highest BCUT2D eigenvalue weighted by atomic mass is 19.1. The third kappa shape index (κ3) is 4.50. The fourth-order valence-corrected chi connectivity index (χ4v) is 3.17. The molecule has 0 saturated heterocycles. The van der Waals surface area contributed by atoms with Gasteiger partial charge in [-0.3, -0.25) is 5.32 Å². The molecule has 0 aliphatic rings. The molecule has 2 atom stereocenters. The van der Waals surface area contributed by atoms with Gasteiger partial charge in [-0.2, -0.15) is 0 Å². The normalized spacial score (nSPS) is 13.9. The molecular formula is C20H21F3N2O2. The molecule has 0 spiro atoms. The van der Waals surface area contributed by atoms with E-state index in [1.807, 2.05) is 0 Å². The second kappa shape index (κ2) is 8.12. The molecule has 1 aromatic heterocycles. The summed E-state index contributed by atoms with van der Waals surface area (Å²) in [6.07, 6.45) is -1.01. The van der Waals surface area contributed by atoms with Gasteiger partial charge in [-0.1, -0.05) is 0 Å². The summed E-state index contributed by atoms with van der Waals surface area (Å²) in [4.78, 5) is 2.97. The van der Waals surface area contributed by atoms with E-state index in [0.29, 0.717) is 35.2 Å². The molecule has 3 rings (SSSR count). The van der Waals surface area contributed by atoms with E-state index in [0.717, 1.165) is 6.07 Å². The molecule has 1 unspecified atom stereocenters. The van der Waals surface area contributed by atoms with Crippen molar-refractivity contribution in [1.82, 2.24) is 10.3 Å². The zero-order valence-electron chi connectivity index (χ0n) is 14.8. The van der Waals surface area contributed by atoms with Crippen LogP contribution in [0, 0.1) is 17.5 Å². The number of H-pyrrole nitrogens is 1. The maximum absolute atomic E-state index is 14.2. The van der Waals surface area contributed by atoms with E-state index < -0.39 is 29.8 Å². The molecule has 4 nitrogen and oxygen atoms in total. The second-order valence-electron chi connectivity index (χ2n) is 6.60. The van der Waals surface area contributed by atoms with Crippen molar-refractivity contribution in [2.45, 2.75) is 32.1 Å². The van der Waals surface area contributed by atoms with E-state index in [1.165, 1.54) is 18.2 Å². The molecule has 4 N–H and O–H groups in total. The van der Waals surface area contributed by atoms with Crippen molar-refractivity contribution in [2.75, 3.05) is 6.54 Å². The summed E-state index contributed by atoms with van der Waals surface area (Å²) >= 11 is 0. The fraction of sp³-hybridized carbons (Fsp3) is 0.300. The van der Waals surface area contributed by atoms with Crippen molar-refractivity contribution in [1.29, 1.82) is 0 Å². The summed E-state index contributed by atoms with van der Waals surface area (Å²) in [6.45, 7) is 1.90. The highest BCUT2D eigenvalue weighted by molar-refractivity contribution is 5.91. The van der Waals surface area contributed by atoms with Crippen LogP contribution in [-0.2, 0) is 6.42 Å². The first-order chi connectivity index (χ1) is 12.8. The predicted octanol–water partition coefficient (Wildman–Crippen LogP) is 3.47. The van der Waals surface area contributed by atoms with Crippen LogP contribution in [-0.4, -0.2) is 34.1 Å². The molecule has 7 heteroatoms. The minimum atomic E-state index is -0.891. The van der Waals surface area contributed by atoms with E-state index in [2.05, 4.69) is 10.3 Å². The van der Waals surface area contributed by atoms with Crippen LogP contribution in [0.15, 0.2) is 36.4 Å². The van der Waals surface area contributed by atoms with Gasteiger partial charge in [-0.25, -0.2) is 13.2 Å². The molecule has 0 fully saturated rings. The predicted molar refractivity (Wildman–Crippen MR) is 97.6 cm³/mol. The van der Waals surface area contributed by atoms with Gasteiger partial charge in [-0.15, -0.1) is 0 Å². The third-order valence-corrected chi connectivity index (χ3v) is 4.38. The van der Waals surface area contributed by atoms with Gasteiger partial charge in [0.15, 0.2) is 0 Å². The van der Waals surface area contributed by atoms with Crippen LogP contribution >= 0.6 is 0 Å². The average molecular weight is 378 g/mol. The molecule has 2 aromatic carbocycles. The van der Waals surface area contributed by atoms with Crippen LogP contribution in [0.2, 0.25) is 0 Å². The Morgan fingerprint density at radius 3 is 2.41 bits per heavy atom. The van der Waals surface area contributed by atoms with Gasteiger partial charge in [0.05, 0.1) is 11.6 Å². The lowest BCUT2D eigenvalue weighted by molar-refractivity contribution is 0.0691. The smallest absolute Gasteiger partial charge is 0.150 e. The minimum absolute atomic E-state index is 0.169. The highest BCUT2D eigenvalue weighted by Gasteiger charge is 2.17. The standard InChI is InChI=1S/C20H21F3N2O2/c1-11(26)8-18(27)24-7-6-15-16-9-14(22)10-17(23)20(16)25-19(15)12-2-4-13(21)5-3-12/h2-5,9-11,18,24-27H,6-8H2,1H3/t11-,18?/m0/s1. The Morgan fingerprint density at radius 2 is 1.74 bits per heavy atom. The molecule has 144 valence electrons. The first-order valence-corrected chi connectivity index (χ1v) is 8.70. The minimum Gasteiger partial charge on any atom is -0.393 e. The van der Waals surface area contributed by atoms with Crippen LogP contribution in [0.25, 0.3) is 22.2 Å². The first-order valence-electron chi connectivity index (χ1n) is 8.70. The monoisotopic (exact) mass is 378 g/mol. The average Bonchev–Trinajstić information content (AvgIpc) is 2.94. The number of benzene rings is 2. The van der Waals surface area contributed by atoms with E-state index in [9.17, 15) is 23.4 Å². The van der Waals surface area contributed by atoms with E-state index in [-0.39, 0.29) is 11.9 Å². The molecule has 1 heterocycles. The molecule has 3 aromatic rings. The molecule has 0 bridgehead atoms. The zero-order chi connectivity index (χ0) is 19.6. The summed E-state index contributed by atoms with van der Waals surface area (Å²) in [5.41, 5.74) is 2.05. The van der Waals surface area contributed by atoms with Gasteiger partial charge in [-0.05, 0) is 54.8 Å². The molecular weight excluding hydrogens is 357 g/mol. The summed E-state index contributed by atoms with van der Waals surface area (Å²) in [7, 11) is 0. The van der Waals surface area contributed by atoms with E-state index >= 15 is 0 Å². The highest BCUT2D eigenvalue weighted by Crippen LogP contribution is 2.32. The Morgan fingerprint density at radius 1 is 1.04 bits per heavy atom. The molecule has 0 aliphatic heterocycles. The number of rotatable bonds is 7. The lowest BCUT2D eigenvalue weighted by atomic mass is 10.0. The summed E-state index contributed by atoms with van der Waals surface area (Å²) < 4.78 is 41.2. The maximum atomic E-state index is 14.2. The number of halogens is 3. The van der Waals surface area contributed by atoms with Gasteiger partial charge in [0.1, 0.15) is 23.7 Å². The topological polar surface area (TPSA) is 68.3 Å². The Bertz CT molecular complexity index is 923. The molecule has 27 heavy (non-hydrogen) atoms. The quantitative estimate of drug-likeness (QED) is 0.476. The van der Waals surface area contributed by atoms with Crippen LogP contribution in [0.3, 0.4) is 0 Å². The number of aromatic nitrogens is 1. The van der Waals surface area contributed by atoms with Crippen molar-refractivity contribution >= 4 is 10.9 Å². The van der Waals surface area contributed by atoms with Crippen LogP contribution < -0.4 is 5.32 Å². The number of aromatic amines is 1. The third-order valence-electron chi connectivity index (χ3n) is 4.38. The summed E-state index contributed by atoms with van der Waals surface area (Å²) in [5, 5.41) is 22.4. The van der Waals surface area contributed by atoms with Gasteiger partial charge in [0.25, 0.3) is 0 Å². The number of fused-ring (bicyclic) bond motifs is 1. The van der Waals surface area contributed by atoms with Crippen LogP contribution in [0.4, 0.5) is 13.2 Å². The number of hydrogen-bond donors (Lipinski definition) is 4. The van der Waals surface area contributed by atoms with Crippen molar-refractivity contribution in [2.24, 2.45) is 0 Å². The first kappa shape index (κ1) is 19.4. The Labute approximate surface area is 154 Å². The van der Waals surface area contributed by atoms with E-state index in [4.69, 9.17) is 0 Å². The molecule has 0 radical (unpaired) electrons. The lowest BCUT2D eigenvalue weighted by Crippen LogP contribution is -2.33. The van der Waals surface area contributed by atoms with Gasteiger partial charge in [0, 0.05) is 30.1 Å². The lowest BCUT2D eigenvalue weighted by Gasteiger charge is -2.14. The van der Waals surface area contributed by atoms with Crippen molar-refractivity contribution in [3.8, 4) is 11.3 Å². The Balaban J connectivity index is 1.95. The number of hydrogen-bond acceptors (Lipinski definition) is 3. The van der Waals surface area contributed by atoms with Gasteiger partial charge < -0.3 is 15.2 Å². The Hall–Kier alpha value is -2.35. The summed E-state index contributed by atoms with van der Waals surface area (Å²) in [6, 6.07) is 7.78. The fourth-order valence-electron chi connectivity index (χ4n) is 3.17. The molecule has 0 aliphatic carbocycles. The number of nitrogens with one attached hydrogen (secondary N) is 2. The number of aliphatic hydroxyl groups is 2. The van der Waals surface area contributed by atoms with Gasteiger partial charge >= 0.3 is 0 Å². The van der Waals surface area contributed by atoms with Crippen molar-refractivity contribution in [3.05, 3.63) is 59.4 Å². The second-order valence-corrected chi connectivity index (χ2v) is 6.60. The largest absolute Gasteiger partial charge is 0.393 e. The van der Waals surface area contributed by atoms with Crippen LogP contribution in [0.1, 0.15) is 18.9 Å². The zero-order valence-corrected chi connectivity index (χ0v) is 14.8. The van der Waals surface area contributed by atoms with Crippen molar-refractivity contribution in [3.63, 3.8) is 0 Å². The maximum Gasteiger partial charge on any atom is 0.150 e. The van der Waals surface area contributed by atoms with E-state index in [1.54, 1.807) is 19.1 Å². The molecule has 0 saturated carbocycles. The summed E-state index contributed by atoms with van der Waals surface area (Å²) in [5.74, 6) is -1.79. The number of aliphatic hydroxyl groups excluding tert-OH is 2. The molecule has 0 amide bonds.